The van der Waals surface area contributed by atoms with Gasteiger partial charge in [0.1, 0.15) is 12.6 Å². The van der Waals surface area contributed by atoms with Crippen LogP contribution in [0.2, 0.25) is 0 Å². The molecule has 2 atom stereocenters. The van der Waals surface area contributed by atoms with Crippen LogP contribution in [0.1, 0.15) is 38.3 Å². The van der Waals surface area contributed by atoms with Gasteiger partial charge >= 0.3 is 0 Å². The van der Waals surface area contributed by atoms with Crippen molar-refractivity contribution >= 4 is 27.5 Å². The molecule has 41 heavy (non-hydrogen) atoms. The SMILES string of the molecule is CC[C@H](C)NC(=O)[C@@H](C)N(Cc1cccc(C)c1)C(=O)CN(c1ccccc1)S(=O)(=O)c1ccc(OC)c(OC)c1. The molecule has 0 aromatic heterocycles. The minimum atomic E-state index is -4.24. The highest BCUT2D eigenvalue weighted by Gasteiger charge is 2.33. The Bertz CT molecular complexity index is 1450. The summed E-state index contributed by atoms with van der Waals surface area (Å²) in [6.45, 7) is 7.07. The van der Waals surface area contributed by atoms with Crippen LogP contribution in [0.4, 0.5) is 5.69 Å². The van der Waals surface area contributed by atoms with E-state index in [0.29, 0.717) is 11.4 Å². The number of nitrogens with zero attached hydrogens (tertiary/aromatic N) is 2. The fraction of sp³-hybridized carbons (Fsp3) is 0.355. The number of ether oxygens (including phenoxy) is 2. The summed E-state index contributed by atoms with van der Waals surface area (Å²) in [6, 6.07) is 19.4. The van der Waals surface area contributed by atoms with Gasteiger partial charge in [-0.25, -0.2) is 8.42 Å². The minimum Gasteiger partial charge on any atom is -0.493 e. The van der Waals surface area contributed by atoms with Crippen molar-refractivity contribution in [2.24, 2.45) is 0 Å². The highest BCUT2D eigenvalue weighted by molar-refractivity contribution is 7.92. The number of methoxy groups -OCH3 is 2. The van der Waals surface area contributed by atoms with Crippen molar-refractivity contribution in [3.8, 4) is 11.5 Å². The van der Waals surface area contributed by atoms with E-state index in [0.717, 1.165) is 21.9 Å². The van der Waals surface area contributed by atoms with Gasteiger partial charge in [0.25, 0.3) is 10.0 Å². The molecule has 10 heteroatoms. The summed E-state index contributed by atoms with van der Waals surface area (Å²) in [7, 11) is -1.36. The van der Waals surface area contributed by atoms with Crippen molar-refractivity contribution in [1.82, 2.24) is 10.2 Å². The summed E-state index contributed by atoms with van der Waals surface area (Å²) in [5, 5.41) is 2.94. The molecule has 1 N–H and O–H groups in total. The van der Waals surface area contributed by atoms with E-state index in [4.69, 9.17) is 9.47 Å². The van der Waals surface area contributed by atoms with Crippen molar-refractivity contribution in [3.05, 3.63) is 83.9 Å². The summed E-state index contributed by atoms with van der Waals surface area (Å²) in [5.74, 6) is -0.218. The van der Waals surface area contributed by atoms with E-state index in [2.05, 4.69) is 5.32 Å². The van der Waals surface area contributed by atoms with Gasteiger partial charge in [0, 0.05) is 18.7 Å². The van der Waals surface area contributed by atoms with Crippen molar-refractivity contribution in [2.75, 3.05) is 25.1 Å². The number of carbonyl (C=O) groups excluding carboxylic acids is 2. The molecule has 0 heterocycles. The molecule has 0 aliphatic heterocycles. The lowest BCUT2D eigenvalue weighted by atomic mass is 10.1. The Labute approximate surface area is 243 Å². The van der Waals surface area contributed by atoms with Gasteiger partial charge in [-0.2, -0.15) is 0 Å². The van der Waals surface area contributed by atoms with Crippen molar-refractivity contribution in [3.63, 3.8) is 0 Å². The normalized spacial score (nSPS) is 12.6. The second kappa shape index (κ2) is 14.0. The third-order valence-corrected chi connectivity index (χ3v) is 8.64. The number of aryl methyl sites for hydroxylation is 1. The van der Waals surface area contributed by atoms with E-state index >= 15 is 0 Å². The number of hydrogen-bond donors (Lipinski definition) is 1. The van der Waals surface area contributed by atoms with Gasteiger partial charge in [-0.3, -0.25) is 13.9 Å². The average Bonchev–Trinajstić information content (AvgIpc) is 2.97. The monoisotopic (exact) mass is 581 g/mol. The maximum atomic E-state index is 14.0. The van der Waals surface area contributed by atoms with Crippen molar-refractivity contribution in [1.29, 1.82) is 0 Å². The van der Waals surface area contributed by atoms with Gasteiger partial charge in [0.2, 0.25) is 11.8 Å². The Morgan fingerprint density at radius 3 is 2.20 bits per heavy atom. The summed E-state index contributed by atoms with van der Waals surface area (Å²) >= 11 is 0. The Balaban J connectivity index is 2.04. The molecule has 2 amide bonds. The summed E-state index contributed by atoms with van der Waals surface area (Å²) in [4.78, 5) is 28.5. The van der Waals surface area contributed by atoms with Gasteiger partial charge in [0.15, 0.2) is 11.5 Å². The van der Waals surface area contributed by atoms with E-state index in [9.17, 15) is 18.0 Å². The van der Waals surface area contributed by atoms with Gasteiger partial charge in [-0.1, -0.05) is 55.0 Å². The summed E-state index contributed by atoms with van der Waals surface area (Å²) in [6.07, 6.45) is 0.732. The first-order valence-electron chi connectivity index (χ1n) is 13.5. The second-order valence-corrected chi connectivity index (χ2v) is 11.7. The van der Waals surface area contributed by atoms with Crippen LogP contribution in [0.5, 0.6) is 11.5 Å². The third kappa shape index (κ3) is 7.79. The molecular formula is C31H39N3O6S. The van der Waals surface area contributed by atoms with Crippen LogP contribution in [0.15, 0.2) is 77.7 Å². The second-order valence-electron chi connectivity index (χ2n) is 9.87. The molecule has 9 nitrogen and oxygen atoms in total. The predicted molar refractivity (Wildman–Crippen MR) is 160 cm³/mol. The zero-order valence-electron chi connectivity index (χ0n) is 24.5. The molecule has 0 radical (unpaired) electrons. The summed E-state index contributed by atoms with van der Waals surface area (Å²) in [5.41, 5.74) is 2.15. The van der Waals surface area contributed by atoms with Gasteiger partial charge in [-0.05, 0) is 57.0 Å². The molecule has 0 aliphatic rings. The zero-order chi connectivity index (χ0) is 30.2. The Morgan fingerprint density at radius 1 is 0.902 bits per heavy atom. The van der Waals surface area contributed by atoms with Crippen LogP contribution < -0.4 is 19.1 Å². The van der Waals surface area contributed by atoms with Crippen LogP contribution in [-0.2, 0) is 26.2 Å². The molecular weight excluding hydrogens is 542 g/mol. The first-order chi connectivity index (χ1) is 19.5. The molecule has 0 aliphatic carbocycles. The Kier molecular flexibility index (Phi) is 10.8. The molecule has 3 aromatic rings. The molecule has 0 unspecified atom stereocenters. The van der Waals surface area contributed by atoms with E-state index in [-0.39, 0.29) is 29.1 Å². The largest absolute Gasteiger partial charge is 0.493 e. The lowest BCUT2D eigenvalue weighted by Crippen LogP contribution is -2.52. The lowest BCUT2D eigenvalue weighted by molar-refractivity contribution is -0.139. The molecule has 0 saturated carbocycles. The van der Waals surface area contributed by atoms with Gasteiger partial charge < -0.3 is 19.7 Å². The maximum Gasteiger partial charge on any atom is 0.264 e. The zero-order valence-corrected chi connectivity index (χ0v) is 25.3. The smallest absolute Gasteiger partial charge is 0.264 e. The number of rotatable bonds is 13. The Hall–Kier alpha value is -4.05. The van der Waals surface area contributed by atoms with E-state index in [1.54, 1.807) is 37.3 Å². The molecule has 0 fully saturated rings. The van der Waals surface area contributed by atoms with Crippen molar-refractivity contribution in [2.45, 2.75) is 57.6 Å². The number of nitrogens with one attached hydrogen (secondary N) is 1. The quantitative estimate of drug-likeness (QED) is 0.318. The highest BCUT2D eigenvalue weighted by atomic mass is 32.2. The third-order valence-electron chi connectivity index (χ3n) is 6.87. The number of amides is 2. The molecule has 3 aromatic carbocycles. The van der Waals surface area contributed by atoms with Crippen LogP contribution in [0.3, 0.4) is 0 Å². The standard InChI is InChI=1S/C31H39N3O6S/c1-7-23(3)32-31(36)24(4)33(20-25-13-11-12-22(2)18-25)30(35)21-34(26-14-9-8-10-15-26)41(37,38)27-16-17-28(39-5)29(19-27)40-6/h8-19,23-24H,7,20-21H2,1-6H3,(H,32,36)/t23-,24+/m0/s1. The Morgan fingerprint density at radius 2 is 1.59 bits per heavy atom. The summed E-state index contributed by atoms with van der Waals surface area (Å²) < 4.78 is 39.7. The molecule has 220 valence electrons. The molecule has 0 bridgehead atoms. The van der Waals surface area contributed by atoms with E-state index in [1.807, 2.05) is 45.0 Å². The van der Waals surface area contributed by atoms with Crippen LogP contribution >= 0.6 is 0 Å². The fourth-order valence-corrected chi connectivity index (χ4v) is 5.71. The molecule has 0 saturated heterocycles. The first-order valence-corrected chi connectivity index (χ1v) is 14.9. The van der Waals surface area contributed by atoms with Gasteiger partial charge in [0.05, 0.1) is 24.8 Å². The maximum absolute atomic E-state index is 14.0. The van der Waals surface area contributed by atoms with Crippen LogP contribution in [-0.4, -0.2) is 58.0 Å². The molecule has 3 rings (SSSR count). The lowest BCUT2D eigenvalue weighted by Gasteiger charge is -2.32. The minimum absolute atomic E-state index is 0.0698. The number of sulfonamides is 1. The fourth-order valence-electron chi connectivity index (χ4n) is 4.28. The number of carbonyl (C=O) groups is 2. The van der Waals surface area contributed by atoms with Crippen LogP contribution in [0, 0.1) is 6.92 Å². The first kappa shape index (κ1) is 31.5. The van der Waals surface area contributed by atoms with E-state index < -0.39 is 28.5 Å². The average molecular weight is 582 g/mol. The highest BCUT2D eigenvalue weighted by Crippen LogP contribution is 2.32. The number of anilines is 1. The number of para-hydroxylation sites is 1. The molecule has 0 spiro atoms. The van der Waals surface area contributed by atoms with Crippen LogP contribution in [0.25, 0.3) is 0 Å². The number of benzene rings is 3. The van der Waals surface area contributed by atoms with Gasteiger partial charge in [-0.15, -0.1) is 0 Å². The predicted octanol–water partition coefficient (Wildman–Crippen LogP) is 4.54. The van der Waals surface area contributed by atoms with E-state index in [1.165, 1.54) is 37.3 Å². The topological polar surface area (TPSA) is 105 Å². The van der Waals surface area contributed by atoms with Crippen molar-refractivity contribution < 1.29 is 27.5 Å². The number of hydrogen-bond acceptors (Lipinski definition) is 6.